The summed E-state index contributed by atoms with van der Waals surface area (Å²) in [5.41, 5.74) is 0.901. The Morgan fingerprint density at radius 2 is 1.96 bits per heavy atom. The Kier molecular flexibility index (Phi) is 5.70. The molecule has 28 heavy (non-hydrogen) atoms. The fraction of sp³-hybridized carbons (Fsp3) is 0.350. The van der Waals surface area contributed by atoms with Crippen LogP contribution < -0.4 is 10.6 Å². The van der Waals surface area contributed by atoms with E-state index in [1.165, 1.54) is 22.7 Å². The molecule has 0 aliphatic carbocycles. The molecule has 1 aliphatic rings. The quantitative estimate of drug-likeness (QED) is 0.669. The molecule has 0 spiro atoms. The highest BCUT2D eigenvalue weighted by molar-refractivity contribution is 7.22. The number of nitrogens with zero attached hydrogens (tertiary/aromatic N) is 2. The number of aromatic nitrogens is 1. The highest BCUT2D eigenvalue weighted by atomic mass is 32.1. The van der Waals surface area contributed by atoms with E-state index in [-0.39, 0.29) is 23.9 Å². The maximum Gasteiger partial charge on any atom is 0.261 e. The minimum Gasteiger partial charge on any atom is -0.349 e. The first-order chi connectivity index (χ1) is 13.6. The second-order valence-electron chi connectivity index (χ2n) is 6.91. The summed E-state index contributed by atoms with van der Waals surface area (Å²) in [6.07, 6.45) is 1.69. The van der Waals surface area contributed by atoms with Gasteiger partial charge in [0, 0.05) is 19.1 Å². The van der Waals surface area contributed by atoms with E-state index < -0.39 is 0 Å². The monoisotopic (exact) mass is 414 g/mol. The van der Waals surface area contributed by atoms with E-state index >= 15 is 0 Å². The molecule has 8 heteroatoms. The van der Waals surface area contributed by atoms with Gasteiger partial charge >= 0.3 is 0 Å². The summed E-state index contributed by atoms with van der Waals surface area (Å²) in [7, 11) is 0. The summed E-state index contributed by atoms with van der Waals surface area (Å²) in [6, 6.07) is 11.5. The van der Waals surface area contributed by atoms with E-state index in [1.807, 2.05) is 48.7 Å². The van der Waals surface area contributed by atoms with Gasteiger partial charge in [0.2, 0.25) is 5.91 Å². The van der Waals surface area contributed by atoms with Crippen LogP contribution in [-0.4, -0.2) is 46.9 Å². The van der Waals surface area contributed by atoms with Crippen molar-refractivity contribution >= 4 is 49.8 Å². The normalized spacial score (nSPS) is 16.8. The maximum absolute atomic E-state index is 12.6. The zero-order valence-electron chi connectivity index (χ0n) is 15.6. The molecule has 3 heterocycles. The number of hydrogen-bond acceptors (Lipinski definition) is 6. The average Bonchev–Trinajstić information content (AvgIpc) is 3.37. The van der Waals surface area contributed by atoms with Gasteiger partial charge in [-0.3, -0.25) is 14.5 Å². The highest BCUT2D eigenvalue weighted by Crippen LogP contribution is 2.26. The number of carbonyl (C=O) groups is 2. The second-order valence-corrected chi connectivity index (χ2v) is 8.89. The second kappa shape index (κ2) is 8.38. The molecule has 4 rings (SSSR count). The topological polar surface area (TPSA) is 74.3 Å². The molecule has 1 aromatic carbocycles. The van der Waals surface area contributed by atoms with Gasteiger partial charge in [0.05, 0.1) is 21.1 Å². The van der Waals surface area contributed by atoms with Gasteiger partial charge in [-0.2, -0.15) is 0 Å². The van der Waals surface area contributed by atoms with Crippen LogP contribution in [0.5, 0.6) is 0 Å². The number of rotatable bonds is 5. The van der Waals surface area contributed by atoms with Crippen molar-refractivity contribution in [3.63, 3.8) is 0 Å². The minimum absolute atomic E-state index is 0.00456. The van der Waals surface area contributed by atoms with Crippen molar-refractivity contribution < 1.29 is 9.59 Å². The lowest BCUT2D eigenvalue weighted by atomic mass is 10.0. The van der Waals surface area contributed by atoms with Crippen molar-refractivity contribution in [1.29, 1.82) is 0 Å². The van der Waals surface area contributed by atoms with E-state index in [4.69, 9.17) is 0 Å². The molecule has 1 fully saturated rings. The number of hydrogen-bond donors (Lipinski definition) is 2. The summed E-state index contributed by atoms with van der Waals surface area (Å²) < 4.78 is 1.06. The smallest absolute Gasteiger partial charge is 0.261 e. The first-order valence-corrected chi connectivity index (χ1v) is 11.0. The summed E-state index contributed by atoms with van der Waals surface area (Å²) in [6.45, 7) is 3.49. The highest BCUT2D eigenvalue weighted by Gasteiger charge is 2.28. The van der Waals surface area contributed by atoms with Crippen molar-refractivity contribution in [3.05, 3.63) is 46.7 Å². The zero-order chi connectivity index (χ0) is 19.5. The summed E-state index contributed by atoms with van der Waals surface area (Å²) in [5.74, 6) is -0.0461. The van der Waals surface area contributed by atoms with Crippen LogP contribution in [0, 0.1) is 0 Å². The van der Waals surface area contributed by atoms with Crippen molar-refractivity contribution in [1.82, 2.24) is 15.2 Å². The standard InChI is InChI=1S/C20H22N4O2S2/c1-13(18(25)23-20-22-15-5-2-3-6-16(15)28-20)24-10-8-14(9-11-24)21-19(26)17-7-4-12-27-17/h2-7,12-14H,8-11H2,1H3,(H,21,26)(H,22,23,25). The number of para-hydroxylation sites is 1. The third kappa shape index (κ3) is 4.24. The van der Waals surface area contributed by atoms with E-state index in [0.717, 1.165) is 41.0 Å². The van der Waals surface area contributed by atoms with E-state index in [9.17, 15) is 9.59 Å². The summed E-state index contributed by atoms with van der Waals surface area (Å²) in [5, 5.41) is 8.59. The Balaban J connectivity index is 1.28. The number of carbonyl (C=O) groups excluding carboxylic acids is 2. The Hall–Kier alpha value is -2.29. The van der Waals surface area contributed by atoms with Crippen LogP contribution in [0.25, 0.3) is 10.2 Å². The first kappa shape index (κ1) is 19.0. The predicted molar refractivity (Wildman–Crippen MR) is 114 cm³/mol. The van der Waals surface area contributed by atoms with Crippen LogP contribution >= 0.6 is 22.7 Å². The third-order valence-electron chi connectivity index (χ3n) is 5.06. The van der Waals surface area contributed by atoms with Crippen LogP contribution in [0.3, 0.4) is 0 Å². The number of benzene rings is 1. The number of thiophene rings is 1. The molecule has 6 nitrogen and oxygen atoms in total. The lowest BCUT2D eigenvalue weighted by molar-refractivity contribution is -0.121. The van der Waals surface area contributed by atoms with Crippen LogP contribution in [0.4, 0.5) is 5.13 Å². The van der Waals surface area contributed by atoms with Gasteiger partial charge in [0.25, 0.3) is 5.91 Å². The van der Waals surface area contributed by atoms with Crippen molar-refractivity contribution in [2.45, 2.75) is 31.8 Å². The number of piperidine rings is 1. The van der Waals surface area contributed by atoms with Crippen LogP contribution in [0.1, 0.15) is 29.4 Å². The third-order valence-corrected chi connectivity index (χ3v) is 6.88. The fourth-order valence-electron chi connectivity index (χ4n) is 3.40. The molecular weight excluding hydrogens is 392 g/mol. The molecule has 3 aromatic rings. The molecule has 2 aromatic heterocycles. The Bertz CT molecular complexity index is 929. The molecule has 1 saturated heterocycles. The predicted octanol–water partition coefficient (Wildman–Crippen LogP) is 3.58. The van der Waals surface area contributed by atoms with E-state index in [0.29, 0.717) is 5.13 Å². The maximum atomic E-state index is 12.6. The molecule has 1 atom stereocenters. The van der Waals surface area contributed by atoms with Crippen LogP contribution in [0.15, 0.2) is 41.8 Å². The Labute approximate surface area is 171 Å². The van der Waals surface area contributed by atoms with E-state index in [2.05, 4.69) is 20.5 Å². The number of amides is 2. The number of anilines is 1. The molecule has 2 N–H and O–H groups in total. The van der Waals surface area contributed by atoms with Crippen LogP contribution in [-0.2, 0) is 4.79 Å². The van der Waals surface area contributed by atoms with E-state index in [1.54, 1.807) is 0 Å². The summed E-state index contributed by atoms with van der Waals surface area (Å²) in [4.78, 5) is 32.2. The first-order valence-electron chi connectivity index (χ1n) is 9.35. The lowest BCUT2D eigenvalue weighted by Gasteiger charge is -2.35. The number of fused-ring (bicyclic) bond motifs is 1. The molecule has 0 radical (unpaired) electrons. The fourth-order valence-corrected chi connectivity index (χ4v) is 4.89. The van der Waals surface area contributed by atoms with Crippen molar-refractivity contribution in [3.8, 4) is 0 Å². The number of thiazole rings is 1. The van der Waals surface area contributed by atoms with Crippen molar-refractivity contribution in [2.75, 3.05) is 18.4 Å². The molecule has 2 amide bonds. The van der Waals surface area contributed by atoms with Crippen LogP contribution in [0.2, 0.25) is 0 Å². The zero-order valence-corrected chi connectivity index (χ0v) is 17.2. The van der Waals surface area contributed by atoms with Gasteiger partial charge in [-0.15, -0.1) is 11.3 Å². The van der Waals surface area contributed by atoms with Gasteiger partial charge in [0.15, 0.2) is 5.13 Å². The molecule has 0 bridgehead atoms. The SMILES string of the molecule is CC(C(=O)Nc1nc2ccccc2s1)N1CCC(NC(=O)c2cccs2)CC1. The molecule has 1 unspecified atom stereocenters. The summed E-state index contributed by atoms with van der Waals surface area (Å²) >= 11 is 2.94. The van der Waals surface area contributed by atoms with Gasteiger partial charge in [-0.25, -0.2) is 4.98 Å². The largest absolute Gasteiger partial charge is 0.349 e. The number of nitrogens with one attached hydrogen (secondary N) is 2. The van der Waals surface area contributed by atoms with Gasteiger partial charge in [-0.1, -0.05) is 29.5 Å². The molecule has 1 aliphatic heterocycles. The lowest BCUT2D eigenvalue weighted by Crippen LogP contribution is -2.50. The average molecular weight is 415 g/mol. The molecule has 0 saturated carbocycles. The molecule has 146 valence electrons. The van der Waals surface area contributed by atoms with Gasteiger partial charge in [0.1, 0.15) is 0 Å². The van der Waals surface area contributed by atoms with Crippen molar-refractivity contribution in [2.24, 2.45) is 0 Å². The minimum atomic E-state index is -0.235. The Morgan fingerprint density at radius 3 is 2.68 bits per heavy atom. The molecular formula is C20H22N4O2S2. The number of likely N-dealkylation sites (tertiary alicyclic amines) is 1. The van der Waals surface area contributed by atoms with Gasteiger partial charge < -0.3 is 10.6 Å². The van der Waals surface area contributed by atoms with Gasteiger partial charge in [-0.05, 0) is 43.3 Å². The Morgan fingerprint density at radius 1 is 1.18 bits per heavy atom.